The lowest BCUT2D eigenvalue weighted by atomic mass is 9.99. The Morgan fingerprint density at radius 3 is 2.59 bits per heavy atom. The zero-order valence-corrected chi connectivity index (χ0v) is 17.3. The van der Waals surface area contributed by atoms with Gasteiger partial charge in [-0.3, -0.25) is 4.99 Å². The maximum atomic E-state index is 13.8. The minimum absolute atomic E-state index is 0.166. The van der Waals surface area contributed by atoms with Crippen molar-refractivity contribution in [3.63, 3.8) is 0 Å². The van der Waals surface area contributed by atoms with Gasteiger partial charge in [0.2, 0.25) is 0 Å². The fraction of sp³-hybridized carbons (Fsp3) is 0.632. The summed E-state index contributed by atoms with van der Waals surface area (Å²) >= 11 is 0. The van der Waals surface area contributed by atoms with Crippen molar-refractivity contribution in [2.75, 3.05) is 32.6 Å². The molecular weight excluding hydrogens is 369 g/mol. The first-order valence-electron chi connectivity index (χ1n) is 9.27. The number of halogens is 1. The summed E-state index contributed by atoms with van der Waals surface area (Å²) in [6, 6.07) is 4.94. The van der Waals surface area contributed by atoms with E-state index < -0.39 is 14.6 Å². The van der Waals surface area contributed by atoms with Crippen LogP contribution in [0.1, 0.15) is 43.9 Å². The Balaban J connectivity index is 2.18. The van der Waals surface area contributed by atoms with Crippen LogP contribution in [-0.4, -0.2) is 51.7 Å². The van der Waals surface area contributed by atoms with Crippen molar-refractivity contribution in [1.29, 1.82) is 0 Å². The van der Waals surface area contributed by atoms with Crippen molar-refractivity contribution in [3.8, 4) is 0 Å². The van der Waals surface area contributed by atoms with Crippen molar-refractivity contribution in [2.45, 2.75) is 44.4 Å². The third kappa shape index (κ3) is 5.42. The fourth-order valence-electron chi connectivity index (χ4n) is 3.10. The van der Waals surface area contributed by atoms with Crippen molar-refractivity contribution < 1.29 is 17.5 Å². The molecule has 1 fully saturated rings. The number of hydrogen-bond donors (Lipinski definition) is 2. The van der Waals surface area contributed by atoms with Gasteiger partial charge >= 0.3 is 0 Å². The normalized spacial score (nSPS) is 18.8. The van der Waals surface area contributed by atoms with Crippen molar-refractivity contribution in [2.24, 2.45) is 4.99 Å². The van der Waals surface area contributed by atoms with E-state index in [0.29, 0.717) is 44.1 Å². The summed E-state index contributed by atoms with van der Waals surface area (Å²) in [6.45, 7) is 7.22. The third-order valence-electron chi connectivity index (χ3n) is 5.11. The van der Waals surface area contributed by atoms with Gasteiger partial charge in [-0.25, -0.2) is 12.8 Å². The highest BCUT2D eigenvalue weighted by molar-refractivity contribution is 7.92. The molecule has 0 aromatic heterocycles. The van der Waals surface area contributed by atoms with Gasteiger partial charge < -0.3 is 15.4 Å². The summed E-state index contributed by atoms with van der Waals surface area (Å²) in [5, 5.41) is 6.37. The first kappa shape index (κ1) is 21.6. The number of benzene rings is 1. The number of ether oxygens (including phenoxy) is 1. The molecule has 1 aliphatic heterocycles. The molecule has 0 bridgehead atoms. The van der Waals surface area contributed by atoms with Crippen LogP contribution in [0.3, 0.4) is 0 Å². The highest BCUT2D eigenvalue weighted by Crippen LogP contribution is 2.29. The summed E-state index contributed by atoms with van der Waals surface area (Å²) < 4.78 is 43.1. The number of nitrogens with zero attached hydrogens (tertiary/aromatic N) is 1. The Morgan fingerprint density at radius 1 is 1.37 bits per heavy atom. The molecule has 2 rings (SSSR count). The van der Waals surface area contributed by atoms with Gasteiger partial charge in [0.05, 0.1) is 17.3 Å². The van der Waals surface area contributed by atoms with E-state index in [1.807, 2.05) is 19.9 Å². The molecule has 0 aliphatic carbocycles. The highest BCUT2D eigenvalue weighted by atomic mass is 32.2. The molecule has 1 aromatic carbocycles. The van der Waals surface area contributed by atoms with Crippen LogP contribution in [0.25, 0.3) is 0 Å². The van der Waals surface area contributed by atoms with E-state index in [0.717, 1.165) is 5.56 Å². The molecule has 6 nitrogen and oxygen atoms in total. The molecule has 0 saturated carbocycles. The van der Waals surface area contributed by atoms with Gasteiger partial charge in [-0.2, -0.15) is 0 Å². The van der Waals surface area contributed by atoms with E-state index in [1.165, 1.54) is 12.3 Å². The standard InChI is InChI=1S/C19H30FN3O3S/c1-5-21-18(23-15(3)16-7-6-14(2)17(20)12-16)22-13-19(27(4,24)25)8-10-26-11-9-19/h6-7,12,15H,5,8-11,13H2,1-4H3,(H2,21,22,23). The molecule has 1 saturated heterocycles. The number of nitrogens with one attached hydrogen (secondary N) is 2. The van der Waals surface area contributed by atoms with Crippen LogP contribution >= 0.6 is 0 Å². The molecule has 1 atom stereocenters. The number of sulfone groups is 1. The zero-order chi connectivity index (χ0) is 20.1. The largest absolute Gasteiger partial charge is 0.381 e. The van der Waals surface area contributed by atoms with Gasteiger partial charge in [-0.1, -0.05) is 12.1 Å². The molecular formula is C19H30FN3O3S. The summed E-state index contributed by atoms with van der Waals surface area (Å²) in [7, 11) is -3.28. The monoisotopic (exact) mass is 399 g/mol. The number of aliphatic imine (C=N–C) groups is 1. The van der Waals surface area contributed by atoms with Crippen LogP contribution < -0.4 is 10.6 Å². The predicted octanol–water partition coefficient (Wildman–Crippen LogP) is 2.34. The summed E-state index contributed by atoms with van der Waals surface area (Å²) in [5.41, 5.74) is 1.40. The van der Waals surface area contributed by atoms with Gasteiger partial charge in [-0.05, 0) is 50.8 Å². The Labute approximate surface area is 161 Å². The summed E-state index contributed by atoms with van der Waals surface area (Å²) in [5.74, 6) is 0.266. The number of guanidine groups is 1. The topological polar surface area (TPSA) is 79.8 Å². The van der Waals surface area contributed by atoms with E-state index in [4.69, 9.17) is 4.74 Å². The van der Waals surface area contributed by atoms with Gasteiger partial charge in [0.25, 0.3) is 0 Å². The first-order valence-corrected chi connectivity index (χ1v) is 11.2. The average Bonchev–Trinajstić information content (AvgIpc) is 2.62. The van der Waals surface area contributed by atoms with Gasteiger partial charge in [0.1, 0.15) is 5.82 Å². The van der Waals surface area contributed by atoms with E-state index in [1.54, 1.807) is 13.0 Å². The molecule has 0 radical (unpaired) electrons. The van der Waals surface area contributed by atoms with Crippen LogP contribution in [0.5, 0.6) is 0 Å². The quantitative estimate of drug-likeness (QED) is 0.567. The lowest BCUT2D eigenvalue weighted by Crippen LogP contribution is -2.47. The second kappa shape index (κ2) is 9.01. The maximum Gasteiger partial charge on any atom is 0.191 e. The van der Waals surface area contributed by atoms with Crippen molar-refractivity contribution in [3.05, 3.63) is 35.1 Å². The molecule has 0 amide bonds. The lowest BCUT2D eigenvalue weighted by Gasteiger charge is -2.34. The van der Waals surface area contributed by atoms with Gasteiger partial charge in [-0.15, -0.1) is 0 Å². The molecule has 1 heterocycles. The van der Waals surface area contributed by atoms with Gasteiger partial charge in [0.15, 0.2) is 15.8 Å². The summed E-state index contributed by atoms with van der Waals surface area (Å²) in [6.07, 6.45) is 2.15. The fourth-order valence-corrected chi connectivity index (χ4v) is 4.31. The third-order valence-corrected chi connectivity index (χ3v) is 7.22. The molecule has 0 spiro atoms. The van der Waals surface area contributed by atoms with Crippen LogP contribution in [0.4, 0.5) is 4.39 Å². The average molecular weight is 400 g/mol. The second-order valence-electron chi connectivity index (χ2n) is 7.14. The Hall–Kier alpha value is -1.67. The molecule has 152 valence electrons. The first-order chi connectivity index (χ1) is 12.7. The smallest absolute Gasteiger partial charge is 0.191 e. The lowest BCUT2D eigenvalue weighted by molar-refractivity contribution is 0.0768. The molecule has 1 aromatic rings. The van der Waals surface area contributed by atoms with Crippen LogP contribution in [0.15, 0.2) is 23.2 Å². The SMILES string of the molecule is CCNC(=NCC1(S(C)(=O)=O)CCOCC1)NC(C)c1ccc(C)c(F)c1. The van der Waals surface area contributed by atoms with E-state index >= 15 is 0 Å². The van der Waals surface area contributed by atoms with Crippen molar-refractivity contribution >= 4 is 15.8 Å². The summed E-state index contributed by atoms with van der Waals surface area (Å²) in [4.78, 5) is 4.55. The Morgan fingerprint density at radius 2 is 2.04 bits per heavy atom. The number of aryl methyl sites for hydroxylation is 1. The van der Waals surface area contributed by atoms with E-state index in [9.17, 15) is 12.8 Å². The Kier molecular flexibility index (Phi) is 7.22. The highest BCUT2D eigenvalue weighted by Gasteiger charge is 2.42. The second-order valence-corrected chi connectivity index (χ2v) is 9.55. The molecule has 27 heavy (non-hydrogen) atoms. The van der Waals surface area contributed by atoms with Crippen LogP contribution in [0, 0.1) is 12.7 Å². The Bertz CT molecular complexity index is 774. The van der Waals surface area contributed by atoms with Crippen molar-refractivity contribution in [1.82, 2.24) is 10.6 Å². The minimum Gasteiger partial charge on any atom is -0.381 e. The molecule has 1 aliphatic rings. The zero-order valence-electron chi connectivity index (χ0n) is 16.5. The van der Waals surface area contributed by atoms with E-state index in [2.05, 4.69) is 15.6 Å². The predicted molar refractivity (Wildman–Crippen MR) is 106 cm³/mol. The van der Waals surface area contributed by atoms with Crippen LogP contribution in [0.2, 0.25) is 0 Å². The maximum absolute atomic E-state index is 13.8. The molecule has 8 heteroatoms. The van der Waals surface area contributed by atoms with Gasteiger partial charge in [0, 0.05) is 26.0 Å². The minimum atomic E-state index is -3.28. The number of hydrogen-bond acceptors (Lipinski definition) is 4. The molecule has 2 N–H and O–H groups in total. The van der Waals surface area contributed by atoms with Crippen LogP contribution in [-0.2, 0) is 14.6 Å². The number of rotatable bonds is 6. The molecule has 1 unspecified atom stereocenters. The van der Waals surface area contributed by atoms with E-state index in [-0.39, 0.29) is 18.4 Å².